The zero-order valence-corrected chi connectivity index (χ0v) is 12.1. The summed E-state index contributed by atoms with van der Waals surface area (Å²) < 4.78 is 0. The highest BCUT2D eigenvalue weighted by atomic mass is 15.0. The van der Waals surface area contributed by atoms with Gasteiger partial charge in [0, 0.05) is 12.6 Å². The van der Waals surface area contributed by atoms with Gasteiger partial charge in [0.05, 0.1) is 11.3 Å². The molecule has 0 saturated carbocycles. The van der Waals surface area contributed by atoms with Crippen LogP contribution in [0.25, 0.3) is 0 Å². The molecule has 0 bridgehead atoms. The number of hydrogen-bond donors (Lipinski definition) is 2. The van der Waals surface area contributed by atoms with Crippen molar-refractivity contribution in [1.82, 2.24) is 5.32 Å². The van der Waals surface area contributed by atoms with Crippen LogP contribution in [0.15, 0.2) is 18.2 Å². The van der Waals surface area contributed by atoms with Crippen LogP contribution in [0.3, 0.4) is 0 Å². The monoisotopic (exact) mass is 257 g/mol. The van der Waals surface area contributed by atoms with Gasteiger partial charge >= 0.3 is 0 Å². The molecule has 1 aromatic rings. The third-order valence-corrected chi connectivity index (χ3v) is 4.12. The van der Waals surface area contributed by atoms with Crippen LogP contribution < -0.4 is 10.6 Å². The van der Waals surface area contributed by atoms with Crippen LogP contribution in [0, 0.1) is 23.7 Å². The van der Waals surface area contributed by atoms with E-state index < -0.39 is 0 Å². The van der Waals surface area contributed by atoms with Gasteiger partial charge < -0.3 is 10.6 Å². The van der Waals surface area contributed by atoms with E-state index in [-0.39, 0.29) is 0 Å². The standard InChI is InChI=1S/C16H23N3/c1-12-5-6-13(10-17)14(9-12)19-11-15-16(2,3)7-4-8-18-15/h5-6,9,15,18-19H,4,7-8,11H2,1-3H3. The topological polar surface area (TPSA) is 47.9 Å². The first-order chi connectivity index (χ1) is 9.03. The largest absolute Gasteiger partial charge is 0.382 e. The molecule has 2 N–H and O–H groups in total. The van der Waals surface area contributed by atoms with Gasteiger partial charge in [-0.15, -0.1) is 0 Å². The van der Waals surface area contributed by atoms with Gasteiger partial charge in [0.1, 0.15) is 6.07 Å². The zero-order chi connectivity index (χ0) is 13.9. The number of nitrogens with zero attached hydrogens (tertiary/aromatic N) is 1. The fourth-order valence-corrected chi connectivity index (χ4v) is 2.73. The van der Waals surface area contributed by atoms with Gasteiger partial charge in [0.25, 0.3) is 0 Å². The quantitative estimate of drug-likeness (QED) is 0.875. The van der Waals surface area contributed by atoms with E-state index in [4.69, 9.17) is 5.26 Å². The predicted molar refractivity (Wildman–Crippen MR) is 79.2 cm³/mol. The minimum absolute atomic E-state index is 0.307. The average molecular weight is 257 g/mol. The molecule has 1 saturated heterocycles. The van der Waals surface area contributed by atoms with Crippen LogP contribution in [0.2, 0.25) is 0 Å². The van der Waals surface area contributed by atoms with Crippen molar-refractivity contribution in [1.29, 1.82) is 5.26 Å². The van der Waals surface area contributed by atoms with Gasteiger partial charge in [0.15, 0.2) is 0 Å². The van der Waals surface area contributed by atoms with E-state index in [1.807, 2.05) is 18.2 Å². The van der Waals surface area contributed by atoms with Gasteiger partial charge in [-0.3, -0.25) is 0 Å². The Balaban J connectivity index is 2.06. The molecule has 102 valence electrons. The number of aryl methyl sites for hydroxylation is 1. The number of rotatable bonds is 3. The van der Waals surface area contributed by atoms with Crippen molar-refractivity contribution in [2.24, 2.45) is 5.41 Å². The molecule has 1 heterocycles. The number of nitriles is 1. The van der Waals surface area contributed by atoms with Crippen molar-refractivity contribution >= 4 is 5.69 Å². The highest BCUT2D eigenvalue weighted by Gasteiger charge is 2.31. The molecule has 0 aliphatic carbocycles. The smallest absolute Gasteiger partial charge is 0.101 e. The fraction of sp³-hybridized carbons (Fsp3) is 0.562. The Morgan fingerprint density at radius 1 is 1.47 bits per heavy atom. The summed E-state index contributed by atoms with van der Waals surface area (Å²) in [6.07, 6.45) is 2.50. The maximum absolute atomic E-state index is 9.14. The third kappa shape index (κ3) is 3.27. The first kappa shape index (κ1) is 13.9. The molecule has 0 spiro atoms. The molecule has 1 unspecified atom stereocenters. The van der Waals surface area contributed by atoms with Crippen molar-refractivity contribution in [2.45, 2.75) is 39.7 Å². The Hall–Kier alpha value is -1.53. The van der Waals surface area contributed by atoms with E-state index in [0.29, 0.717) is 11.5 Å². The van der Waals surface area contributed by atoms with Crippen LogP contribution in [-0.4, -0.2) is 19.1 Å². The van der Waals surface area contributed by atoms with E-state index in [1.165, 1.54) is 18.4 Å². The number of benzene rings is 1. The molecule has 1 atom stereocenters. The SMILES string of the molecule is Cc1ccc(C#N)c(NCC2NCCCC2(C)C)c1. The Kier molecular flexibility index (Phi) is 4.11. The van der Waals surface area contributed by atoms with Gasteiger partial charge in [0.2, 0.25) is 0 Å². The number of piperidine rings is 1. The van der Waals surface area contributed by atoms with Crippen LogP contribution in [0.1, 0.15) is 37.8 Å². The van der Waals surface area contributed by atoms with Gasteiger partial charge in [-0.1, -0.05) is 19.9 Å². The highest BCUT2D eigenvalue weighted by Crippen LogP contribution is 2.30. The molecule has 1 fully saturated rings. The summed E-state index contributed by atoms with van der Waals surface area (Å²) in [4.78, 5) is 0. The summed E-state index contributed by atoms with van der Waals surface area (Å²) in [7, 11) is 0. The number of anilines is 1. The Labute approximate surface area is 116 Å². The Morgan fingerprint density at radius 3 is 2.95 bits per heavy atom. The molecular weight excluding hydrogens is 234 g/mol. The second-order valence-corrected chi connectivity index (χ2v) is 6.14. The maximum Gasteiger partial charge on any atom is 0.101 e. The molecule has 0 aromatic heterocycles. The second kappa shape index (κ2) is 5.63. The first-order valence-corrected chi connectivity index (χ1v) is 7.01. The van der Waals surface area contributed by atoms with Gasteiger partial charge in [-0.2, -0.15) is 5.26 Å². The molecule has 1 aliphatic rings. The lowest BCUT2D eigenvalue weighted by molar-refractivity contribution is 0.188. The summed E-state index contributed by atoms with van der Waals surface area (Å²) in [6, 6.07) is 8.62. The molecule has 19 heavy (non-hydrogen) atoms. The molecule has 1 aliphatic heterocycles. The molecule has 0 radical (unpaired) electrons. The fourth-order valence-electron chi connectivity index (χ4n) is 2.73. The minimum atomic E-state index is 0.307. The van der Waals surface area contributed by atoms with Gasteiger partial charge in [-0.25, -0.2) is 0 Å². The average Bonchev–Trinajstić information content (AvgIpc) is 2.37. The summed E-state index contributed by atoms with van der Waals surface area (Å²) in [6.45, 7) is 8.63. The van der Waals surface area contributed by atoms with Crippen LogP contribution >= 0.6 is 0 Å². The molecule has 0 amide bonds. The van der Waals surface area contributed by atoms with Crippen molar-refractivity contribution in [3.8, 4) is 6.07 Å². The van der Waals surface area contributed by atoms with E-state index in [0.717, 1.165) is 24.3 Å². The van der Waals surface area contributed by atoms with E-state index in [2.05, 4.69) is 37.5 Å². The lowest BCUT2D eigenvalue weighted by atomic mass is 9.77. The maximum atomic E-state index is 9.14. The molecule has 3 nitrogen and oxygen atoms in total. The van der Waals surface area contributed by atoms with Gasteiger partial charge in [-0.05, 0) is 49.4 Å². The van der Waals surface area contributed by atoms with E-state index in [1.54, 1.807) is 0 Å². The van der Waals surface area contributed by atoms with E-state index in [9.17, 15) is 0 Å². The number of nitrogens with one attached hydrogen (secondary N) is 2. The Bertz CT molecular complexity index is 485. The predicted octanol–water partition coefficient (Wildman–Crippen LogP) is 3.06. The van der Waals surface area contributed by atoms with Crippen molar-refractivity contribution in [2.75, 3.05) is 18.4 Å². The number of hydrogen-bond acceptors (Lipinski definition) is 3. The lowest BCUT2D eigenvalue weighted by Gasteiger charge is -2.39. The second-order valence-electron chi connectivity index (χ2n) is 6.14. The molecule has 1 aromatic carbocycles. The summed E-state index contributed by atoms with van der Waals surface area (Å²) >= 11 is 0. The van der Waals surface area contributed by atoms with Crippen molar-refractivity contribution in [3.63, 3.8) is 0 Å². The van der Waals surface area contributed by atoms with Crippen LogP contribution in [-0.2, 0) is 0 Å². The van der Waals surface area contributed by atoms with Crippen molar-refractivity contribution in [3.05, 3.63) is 29.3 Å². The Morgan fingerprint density at radius 2 is 2.26 bits per heavy atom. The highest BCUT2D eigenvalue weighted by molar-refractivity contribution is 5.58. The third-order valence-electron chi connectivity index (χ3n) is 4.12. The molecule has 3 heteroatoms. The first-order valence-electron chi connectivity index (χ1n) is 7.01. The minimum Gasteiger partial charge on any atom is -0.382 e. The zero-order valence-electron chi connectivity index (χ0n) is 12.1. The van der Waals surface area contributed by atoms with Crippen LogP contribution in [0.4, 0.5) is 5.69 Å². The normalized spacial score (nSPS) is 21.7. The summed E-state index contributed by atoms with van der Waals surface area (Å²) in [5.41, 5.74) is 3.16. The van der Waals surface area contributed by atoms with E-state index >= 15 is 0 Å². The molecule has 2 rings (SSSR count). The van der Waals surface area contributed by atoms with Crippen LogP contribution in [0.5, 0.6) is 0 Å². The van der Waals surface area contributed by atoms with Crippen molar-refractivity contribution < 1.29 is 0 Å². The summed E-state index contributed by atoms with van der Waals surface area (Å²) in [5, 5.41) is 16.2. The molecular formula is C16H23N3. The lowest BCUT2D eigenvalue weighted by Crippen LogP contribution is -2.50. The summed E-state index contributed by atoms with van der Waals surface area (Å²) in [5.74, 6) is 0.